The SMILES string of the molecule is CC/C=C\C/C=C\CC[P+](c1ccccc1)(c1ccccc1)c1ccccc1.Cc1ccc(S(=O)(=O)[O-])cc1. The van der Waals surface area contributed by atoms with E-state index in [4.69, 9.17) is 0 Å². The number of rotatable bonds is 10. The Morgan fingerprint density at radius 3 is 1.49 bits per heavy atom. The molecule has 0 amide bonds. The maximum Gasteiger partial charge on any atom is 0.124 e. The van der Waals surface area contributed by atoms with Gasteiger partial charge in [-0.3, -0.25) is 0 Å². The molecule has 4 rings (SSSR count). The van der Waals surface area contributed by atoms with Gasteiger partial charge in [0.15, 0.2) is 0 Å². The van der Waals surface area contributed by atoms with Crippen LogP contribution in [0.25, 0.3) is 0 Å². The monoisotopic (exact) mass is 556 g/mol. The fourth-order valence-electron chi connectivity index (χ4n) is 4.41. The number of hydrogen-bond donors (Lipinski definition) is 0. The lowest BCUT2D eigenvalue weighted by Gasteiger charge is -2.27. The van der Waals surface area contributed by atoms with Crippen LogP contribution in [0.5, 0.6) is 0 Å². The van der Waals surface area contributed by atoms with Crippen LogP contribution in [0.2, 0.25) is 0 Å². The molecule has 4 aromatic rings. The van der Waals surface area contributed by atoms with Crippen LogP contribution in [0, 0.1) is 6.92 Å². The first-order valence-electron chi connectivity index (χ1n) is 13.3. The number of aryl methyl sites for hydroxylation is 1. The summed E-state index contributed by atoms with van der Waals surface area (Å²) in [6, 6.07) is 39.2. The van der Waals surface area contributed by atoms with Gasteiger partial charge in [0.2, 0.25) is 0 Å². The van der Waals surface area contributed by atoms with Crippen LogP contribution in [0.15, 0.2) is 144 Å². The third kappa shape index (κ3) is 8.86. The molecular weight excluding hydrogens is 519 g/mol. The third-order valence-corrected chi connectivity index (χ3v) is 11.7. The summed E-state index contributed by atoms with van der Waals surface area (Å²) in [7, 11) is -5.95. The molecule has 3 nitrogen and oxygen atoms in total. The first-order chi connectivity index (χ1) is 18.9. The first-order valence-corrected chi connectivity index (χ1v) is 16.6. The molecule has 0 aliphatic rings. The summed E-state index contributed by atoms with van der Waals surface area (Å²) in [4.78, 5) is -0.178. The van der Waals surface area contributed by atoms with Crippen molar-refractivity contribution in [3.63, 3.8) is 0 Å². The smallest absolute Gasteiger partial charge is 0.124 e. The van der Waals surface area contributed by atoms with Gasteiger partial charge in [-0.1, -0.05) is 104 Å². The van der Waals surface area contributed by atoms with Gasteiger partial charge in [0.05, 0.1) is 11.1 Å². The van der Waals surface area contributed by atoms with Crippen molar-refractivity contribution in [3.8, 4) is 0 Å². The van der Waals surface area contributed by atoms with Gasteiger partial charge in [0.25, 0.3) is 0 Å². The topological polar surface area (TPSA) is 57.2 Å². The lowest BCUT2D eigenvalue weighted by atomic mass is 10.2. The fourth-order valence-corrected chi connectivity index (χ4v) is 9.13. The molecule has 0 unspecified atom stereocenters. The molecule has 0 radical (unpaired) electrons. The van der Waals surface area contributed by atoms with Gasteiger partial charge < -0.3 is 4.55 Å². The summed E-state index contributed by atoms with van der Waals surface area (Å²) >= 11 is 0. The Labute approximate surface area is 235 Å². The van der Waals surface area contributed by atoms with Crippen molar-refractivity contribution >= 4 is 33.3 Å². The van der Waals surface area contributed by atoms with Crippen molar-refractivity contribution in [2.45, 2.75) is 38.0 Å². The highest BCUT2D eigenvalue weighted by Gasteiger charge is 2.44. The molecule has 0 saturated carbocycles. The van der Waals surface area contributed by atoms with Gasteiger partial charge in [-0.2, -0.15) is 0 Å². The molecule has 202 valence electrons. The van der Waals surface area contributed by atoms with Crippen molar-refractivity contribution in [2.24, 2.45) is 0 Å². The highest BCUT2D eigenvalue weighted by Crippen LogP contribution is 2.55. The maximum absolute atomic E-state index is 10.4. The van der Waals surface area contributed by atoms with Crippen LogP contribution in [0.1, 0.15) is 31.7 Å². The second kappa shape index (κ2) is 15.3. The molecule has 0 saturated heterocycles. The summed E-state index contributed by atoms with van der Waals surface area (Å²) in [5.41, 5.74) is 0.928. The third-order valence-electron chi connectivity index (χ3n) is 6.37. The van der Waals surface area contributed by atoms with Crippen LogP contribution >= 0.6 is 7.26 Å². The first kappa shape index (κ1) is 30.2. The minimum atomic E-state index is -4.27. The van der Waals surface area contributed by atoms with Gasteiger partial charge in [0.1, 0.15) is 33.3 Å². The minimum absolute atomic E-state index is 0.178. The molecule has 0 aliphatic carbocycles. The second-order valence-corrected chi connectivity index (χ2v) is 14.2. The van der Waals surface area contributed by atoms with Crippen molar-refractivity contribution in [2.75, 3.05) is 6.16 Å². The zero-order chi connectivity index (χ0) is 28.0. The van der Waals surface area contributed by atoms with Crippen LogP contribution in [0.4, 0.5) is 0 Å². The van der Waals surface area contributed by atoms with E-state index in [9.17, 15) is 13.0 Å². The van der Waals surface area contributed by atoms with Gasteiger partial charge in [-0.05, 0) is 68.3 Å². The van der Waals surface area contributed by atoms with E-state index in [-0.39, 0.29) is 4.90 Å². The normalized spacial score (nSPS) is 11.9. The molecule has 4 aromatic carbocycles. The summed E-state index contributed by atoms with van der Waals surface area (Å²) < 4.78 is 31.2. The molecule has 0 heterocycles. The van der Waals surface area contributed by atoms with Crippen molar-refractivity contribution in [3.05, 3.63) is 145 Å². The molecule has 0 atom stereocenters. The average Bonchev–Trinajstić information content (AvgIpc) is 2.96. The predicted molar refractivity (Wildman–Crippen MR) is 167 cm³/mol. The van der Waals surface area contributed by atoms with Crippen LogP contribution in [0.3, 0.4) is 0 Å². The summed E-state index contributed by atoms with van der Waals surface area (Å²) in [6.45, 7) is 4.00. The summed E-state index contributed by atoms with van der Waals surface area (Å²) in [6.07, 6.45) is 13.5. The molecule has 39 heavy (non-hydrogen) atoms. The fraction of sp³-hybridized carbons (Fsp3) is 0.176. The van der Waals surface area contributed by atoms with Crippen molar-refractivity contribution in [1.29, 1.82) is 0 Å². The summed E-state index contributed by atoms with van der Waals surface area (Å²) in [5.74, 6) is 0. The van der Waals surface area contributed by atoms with E-state index in [2.05, 4.69) is 122 Å². The van der Waals surface area contributed by atoms with E-state index in [1.54, 1.807) is 12.1 Å². The van der Waals surface area contributed by atoms with Gasteiger partial charge in [-0.15, -0.1) is 0 Å². The van der Waals surface area contributed by atoms with Gasteiger partial charge >= 0.3 is 0 Å². The molecule has 0 bridgehead atoms. The highest BCUT2D eigenvalue weighted by molar-refractivity contribution is 7.95. The Balaban J connectivity index is 0.000000320. The largest absolute Gasteiger partial charge is 0.744 e. The molecule has 0 aromatic heterocycles. The maximum atomic E-state index is 10.4. The van der Waals surface area contributed by atoms with Crippen LogP contribution in [-0.4, -0.2) is 19.1 Å². The Bertz CT molecular complexity index is 1320. The molecule has 0 aliphatic heterocycles. The van der Waals surface area contributed by atoms with E-state index >= 15 is 0 Å². The minimum Gasteiger partial charge on any atom is -0.744 e. The molecule has 0 N–H and O–H groups in total. The molecule has 5 heteroatoms. The van der Waals surface area contributed by atoms with E-state index in [0.29, 0.717) is 0 Å². The predicted octanol–water partition coefficient (Wildman–Crippen LogP) is 7.18. The quantitative estimate of drug-likeness (QED) is 0.118. The molecule has 0 spiro atoms. The standard InChI is InChI=1S/C27H30P.C7H8O3S/c1-2-3-4-5-6-7-17-24-28(25-18-11-8-12-19-25,26-20-13-9-14-21-26)27-22-15-10-16-23-27;1-6-2-4-7(5-3-6)11(8,9)10/h3-4,6-16,18-23H,2,5,17,24H2,1H3;2-5H,1H3,(H,8,9,10)/q+1;/p-1/b4-3-,7-6-;. The highest BCUT2D eigenvalue weighted by atomic mass is 32.2. The van der Waals surface area contributed by atoms with E-state index in [0.717, 1.165) is 31.0 Å². The number of allylic oxidation sites excluding steroid dienone is 4. The average molecular weight is 557 g/mol. The van der Waals surface area contributed by atoms with E-state index < -0.39 is 17.4 Å². The van der Waals surface area contributed by atoms with Crippen LogP contribution in [-0.2, 0) is 10.1 Å². The van der Waals surface area contributed by atoms with Crippen LogP contribution < -0.4 is 15.9 Å². The number of benzene rings is 4. The molecular formula is C34H37O3PS. The van der Waals surface area contributed by atoms with Gasteiger partial charge in [-0.25, -0.2) is 8.42 Å². The molecule has 0 fully saturated rings. The second-order valence-electron chi connectivity index (χ2n) is 9.18. The van der Waals surface area contributed by atoms with Gasteiger partial charge in [0, 0.05) is 6.42 Å². The Kier molecular flexibility index (Phi) is 11.9. The Morgan fingerprint density at radius 2 is 1.08 bits per heavy atom. The van der Waals surface area contributed by atoms with Crippen molar-refractivity contribution < 1.29 is 13.0 Å². The van der Waals surface area contributed by atoms with E-state index in [1.807, 2.05) is 6.92 Å². The van der Waals surface area contributed by atoms with E-state index in [1.165, 1.54) is 28.0 Å². The summed E-state index contributed by atoms with van der Waals surface area (Å²) in [5, 5.41) is 4.39. The van der Waals surface area contributed by atoms with Crippen molar-refractivity contribution in [1.82, 2.24) is 0 Å². The Morgan fingerprint density at radius 1 is 0.641 bits per heavy atom. The zero-order valence-electron chi connectivity index (χ0n) is 22.7. The lowest BCUT2D eigenvalue weighted by Crippen LogP contribution is -2.33. The number of hydrogen-bond acceptors (Lipinski definition) is 3. The Hall–Kier alpha value is -3.30. The lowest BCUT2D eigenvalue weighted by molar-refractivity contribution is 0.463. The zero-order valence-corrected chi connectivity index (χ0v) is 24.4.